The molecule has 0 saturated heterocycles. The Hall–Kier alpha value is -2.29. The summed E-state index contributed by atoms with van der Waals surface area (Å²) in [5.41, 5.74) is 0.283. The lowest BCUT2D eigenvalue weighted by molar-refractivity contribution is -0.139. The van der Waals surface area contributed by atoms with E-state index >= 15 is 0 Å². The lowest BCUT2D eigenvalue weighted by Gasteiger charge is -2.29. The predicted molar refractivity (Wildman–Crippen MR) is 96.6 cm³/mol. The van der Waals surface area contributed by atoms with Gasteiger partial charge in [-0.1, -0.05) is 0 Å². The first-order chi connectivity index (χ1) is 12.0. The minimum Gasteiger partial charge on any atom is -0.490 e. The van der Waals surface area contributed by atoms with Crippen molar-refractivity contribution in [2.24, 2.45) is 0 Å². The maximum absolute atomic E-state index is 12.7. The summed E-state index contributed by atoms with van der Waals surface area (Å²) in [6.45, 7) is 4.74. The van der Waals surface area contributed by atoms with Gasteiger partial charge in [0.05, 0.1) is 11.9 Å². The number of hydrogen-bond donors (Lipinski definition) is 1. The standard InChI is InChI=1S/C17H25NO7S/c1-6-24-15-9-13(7-8-14(15)25-10-16(19)20)17(21)18(4)11(2)12(3)26(5,22)23/h7-9,11-12H,6,10H2,1-5H3,(H,19,20). The second-order valence-electron chi connectivity index (χ2n) is 5.97. The van der Waals surface area contributed by atoms with Gasteiger partial charge in [0.2, 0.25) is 0 Å². The van der Waals surface area contributed by atoms with Crippen LogP contribution in [-0.4, -0.2) is 68.1 Å². The number of rotatable bonds is 9. The molecule has 0 aromatic heterocycles. The van der Waals surface area contributed by atoms with E-state index in [1.807, 2.05) is 0 Å². The second-order valence-corrected chi connectivity index (χ2v) is 8.37. The summed E-state index contributed by atoms with van der Waals surface area (Å²) in [5, 5.41) is 7.99. The number of ether oxygens (including phenoxy) is 2. The molecule has 0 bridgehead atoms. The van der Waals surface area contributed by atoms with Gasteiger partial charge in [-0.05, 0) is 39.0 Å². The van der Waals surface area contributed by atoms with Crippen molar-refractivity contribution in [1.82, 2.24) is 4.90 Å². The molecule has 9 heteroatoms. The van der Waals surface area contributed by atoms with Crippen molar-refractivity contribution < 1.29 is 32.6 Å². The fourth-order valence-corrected chi connectivity index (χ4v) is 3.13. The number of hydrogen-bond acceptors (Lipinski definition) is 6. The maximum atomic E-state index is 12.7. The summed E-state index contributed by atoms with van der Waals surface area (Å²) in [6, 6.07) is 3.86. The molecule has 146 valence electrons. The van der Waals surface area contributed by atoms with Crippen LogP contribution in [0.25, 0.3) is 0 Å². The SMILES string of the molecule is CCOc1cc(C(=O)N(C)C(C)C(C)S(C)(=O)=O)ccc1OCC(=O)O. The van der Waals surface area contributed by atoms with E-state index < -0.39 is 33.7 Å². The van der Waals surface area contributed by atoms with Crippen LogP contribution in [0.3, 0.4) is 0 Å². The van der Waals surface area contributed by atoms with Gasteiger partial charge in [-0.25, -0.2) is 13.2 Å². The second kappa shape index (κ2) is 8.88. The maximum Gasteiger partial charge on any atom is 0.341 e. The van der Waals surface area contributed by atoms with Crippen LogP contribution in [0.5, 0.6) is 11.5 Å². The highest BCUT2D eigenvalue weighted by Crippen LogP contribution is 2.29. The molecule has 1 aromatic carbocycles. The van der Waals surface area contributed by atoms with Gasteiger partial charge in [0, 0.05) is 24.9 Å². The van der Waals surface area contributed by atoms with Gasteiger partial charge in [0.1, 0.15) is 0 Å². The Morgan fingerprint density at radius 3 is 2.31 bits per heavy atom. The number of carboxylic acids is 1. The summed E-state index contributed by atoms with van der Waals surface area (Å²) >= 11 is 0. The molecule has 1 N–H and O–H groups in total. The van der Waals surface area contributed by atoms with Crippen molar-refractivity contribution in [3.05, 3.63) is 23.8 Å². The third kappa shape index (κ3) is 5.62. The molecule has 1 aromatic rings. The molecule has 26 heavy (non-hydrogen) atoms. The van der Waals surface area contributed by atoms with Gasteiger partial charge in [0.25, 0.3) is 5.91 Å². The number of carbonyl (C=O) groups excluding carboxylic acids is 1. The molecule has 8 nitrogen and oxygen atoms in total. The highest BCUT2D eigenvalue weighted by atomic mass is 32.2. The van der Waals surface area contributed by atoms with Crippen molar-refractivity contribution >= 4 is 21.7 Å². The molecule has 0 saturated carbocycles. The Bertz CT molecular complexity index is 760. The minimum absolute atomic E-state index is 0.214. The van der Waals surface area contributed by atoms with Crippen LogP contribution in [0.1, 0.15) is 31.1 Å². The minimum atomic E-state index is -3.30. The number of aliphatic carboxylic acids is 1. The Kier molecular flexibility index (Phi) is 7.43. The average molecular weight is 387 g/mol. The largest absolute Gasteiger partial charge is 0.490 e. The molecule has 0 aliphatic heterocycles. The van der Waals surface area contributed by atoms with Crippen LogP contribution in [0, 0.1) is 0 Å². The van der Waals surface area contributed by atoms with E-state index in [0.29, 0.717) is 6.61 Å². The van der Waals surface area contributed by atoms with Crippen LogP contribution in [0.4, 0.5) is 0 Å². The number of nitrogens with zero attached hydrogens (tertiary/aromatic N) is 1. The monoisotopic (exact) mass is 387 g/mol. The molecular weight excluding hydrogens is 362 g/mol. The van der Waals surface area contributed by atoms with Crippen molar-refractivity contribution in [2.75, 3.05) is 26.5 Å². The van der Waals surface area contributed by atoms with Crippen molar-refractivity contribution in [2.45, 2.75) is 32.1 Å². The molecule has 0 aliphatic rings. The van der Waals surface area contributed by atoms with Crippen LogP contribution >= 0.6 is 0 Å². The van der Waals surface area contributed by atoms with Crippen LogP contribution < -0.4 is 9.47 Å². The van der Waals surface area contributed by atoms with Gasteiger partial charge in [-0.2, -0.15) is 0 Å². The van der Waals surface area contributed by atoms with E-state index in [9.17, 15) is 18.0 Å². The van der Waals surface area contributed by atoms with Gasteiger partial charge >= 0.3 is 5.97 Å². The summed E-state index contributed by atoms with van der Waals surface area (Å²) in [7, 11) is -1.76. The summed E-state index contributed by atoms with van der Waals surface area (Å²) < 4.78 is 34.0. The quantitative estimate of drug-likeness (QED) is 0.682. The molecule has 1 rings (SSSR count). The number of carbonyl (C=O) groups is 2. The Morgan fingerprint density at radius 2 is 1.81 bits per heavy atom. The van der Waals surface area contributed by atoms with Gasteiger partial charge < -0.3 is 19.5 Å². The van der Waals surface area contributed by atoms with E-state index in [1.165, 1.54) is 30.1 Å². The summed E-state index contributed by atoms with van der Waals surface area (Å²) in [5.74, 6) is -1.04. The Balaban J connectivity index is 3.08. The van der Waals surface area contributed by atoms with E-state index in [4.69, 9.17) is 14.6 Å². The Morgan fingerprint density at radius 1 is 1.19 bits per heavy atom. The molecule has 0 spiro atoms. The highest BCUT2D eigenvalue weighted by molar-refractivity contribution is 7.91. The predicted octanol–water partition coefficient (Wildman–Crippen LogP) is 1.44. The zero-order chi connectivity index (χ0) is 20.1. The van der Waals surface area contributed by atoms with Gasteiger partial charge in [0.15, 0.2) is 27.9 Å². The van der Waals surface area contributed by atoms with E-state index in [0.717, 1.165) is 6.26 Å². The molecule has 0 fully saturated rings. The first-order valence-corrected chi connectivity index (χ1v) is 10.0. The smallest absolute Gasteiger partial charge is 0.341 e. The summed E-state index contributed by atoms with van der Waals surface area (Å²) in [4.78, 5) is 24.7. The number of sulfone groups is 1. The number of carboxylic acid groups (broad SMARTS) is 1. The molecule has 0 heterocycles. The van der Waals surface area contributed by atoms with Crippen molar-refractivity contribution in [3.63, 3.8) is 0 Å². The third-order valence-corrected chi connectivity index (χ3v) is 5.87. The topological polar surface area (TPSA) is 110 Å². The third-order valence-electron chi connectivity index (χ3n) is 4.13. The zero-order valence-electron chi connectivity index (χ0n) is 15.6. The van der Waals surface area contributed by atoms with E-state index in [2.05, 4.69) is 0 Å². The fourth-order valence-electron chi connectivity index (χ4n) is 2.23. The molecule has 0 radical (unpaired) electrons. The number of benzene rings is 1. The molecule has 0 aliphatic carbocycles. The highest BCUT2D eigenvalue weighted by Gasteiger charge is 2.29. The Labute approximate surface area is 153 Å². The van der Waals surface area contributed by atoms with Crippen molar-refractivity contribution in [1.29, 1.82) is 0 Å². The molecule has 1 amide bonds. The number of amides is 1. The average Bonchev–Trinajstić information content (AvgIpc) is 2.57. The lowest BCUT2D eigenvalue weighted by atomic mass is 10.1. The zero-order valence-corrected chi connectivity index (χ0v) is 16.4. The van der Waals surface area contributed by atoms with Gasteiger partial charge in [-0.3, -0.25) is 4.79 Å². The molecule has 2 unspecified atom stereocenters. The fraction of sp³-hybridized carbons (Fsp3) is 0.529. The lowest BCUT2D eigenvalue weighted by Crippen LogP contribution is -2.44. The normalized spacial score (nSPS) is 13.6. The molecule has 2 atom stereocenters. The van der Waals surface area contributed by atoms with E-state index in [1.54, 1.807) is 20.8 Å². The van der Waals surface area contributed by atoms with Crippen LogP contribution in [-0.2, 0) is 14.6 Å². The van der Waals surface area contributed by atoms with Gasteiger partial charge in [-0.15, -0.1) is 0 Å². The van der Waals surface area contributed by atoms with E-state index in [-0.39, 0.29) is 23.0 Å². The van der Waals surface area contributed by atoms with Crippen LogP contribution in [0.2, 0.25) is 0 Å². The summed E-state index contributed by atoms with van der Waals surface area (Å²) in [6.07, 6.45) is 1.13. The first kappa shape index (κ1) is 21.8. The molecular formula is C17H25NO7S. The van der Waals surface area contributed by atoms with Crippen molar-refractivity contribution in [3.8, 4) is 11.5 Å². The first-order valence-electron chi connectivity index (χ1n) is 8.06. The van der Waals surface area contributed by atoms with Crippen LogP contribution in [0.15, 0.2) is 18.2 Å².